The SMILES string of the molecule is CCOc1ccc(N2C(=O)C[C@@H](N[C@@H]3CCCCNC3=O)C2=O)cc1. The third kappa shape index (κ3) is 3.82. The number of nitrogens with zero attached hydrogens (tertiary/aromatic N) is 1. The van der Waals surface area contributed by atoms with Crippen molar-refractivity contribution in [1.82, 2.24) is 10.6 Å². The summed E-state index contributed by atoms with van der Waals surface area (Å²) < 4.78 is 5.38. The highest BCUT2D eigenvalue weighted by Crippen LogP contribution is 2.25. The van der Waals surface area contributed by atoms with Crippen molar-refractivity contribution in [3.63, 3.8) is 0 Å². The summed E-state index contributed by atoms with van der Waals surface area (Å²) in [5, 5.41) is 5.90. The van der Waals surface area contributed by atoms with Crippen molar-refractivity contribution in [3.8, 4) is 5.75 Å². The Morgan fingerprint density at radius 3 is 2.64 bits per heavy atom. The Morgan fingerprint density at radius 2 is 1.92 bits per heavy atom. The van der Waals surface area contributed by atoms with Crippen LogP contribution in [-0.4, -0.2) is 43.0 Å². The minimum absolute atomic E-state index is 0.0653. The summed E-state index contributed by atoms with van der Waals surface area (Å²) in [6, 6.07) is 5.78. The Morgan fingerprint density at radius 1 is 1.16 bits per heavy atom. The molecule has 2 heterocycles. The zero-order valence-corrected chi connectivity index (χ0v) is 14.3. The zero-order valence-electron chi connectivity index (χ0n) is 14.3. The van der Waals surface area contributed by atoms with Gasteiger partial charge in [0.1, 0.15) is 5.75 Å². The molecule has 3 amide bonds. The van der Waals surface area contributed by atoms with Gasteiger partial charge in [0.05, 0.1) is 30.8 Å². The van der Waals surface area contributed by atoms with E-state index in [-0.39, 0.29) is 24.1 Å². The largest absolute Gasteiger partial charge is 0.494 e. The van der Waals surface area contributed by atoms with Crippen LogP contribution in [0.1, 0.15) is 32.6 Å². The summed E-state index contributed by atoms with van der Waals surface area (Å²) in [4.78, 5) is 38.2. The lowest BCUT2D eigenvalue weighted by Gasteiger charge is -2.20. The van der Waals surface area contributed by atoms with Crippen LogP contribution in [0.4, 0.5) is 5.69 Å². The molecule has 0 aromatic heterocycles. The van der Waals surface area contributed by atoms with Crippen molar-refractivity contribution in [3.05, 3.63) is 24.3 Å². The Labute approximate surface area is 146 Å². The predicted molar refractivity (Wildman–Crippen MR) is 92.3 cm³/mol. The summed E-state index contributed by atoms with van der Waals surface area (Å²) in [7, 11) is 0. The van der Waals surface area contributed by atoms with Crippen molar-refractivity contribution in [2.45, 2.75) is 44.7 Å². The van der Waals surface area contributed by atoms with E-state index in [0.717, 1.165) is 12.8 Å². The van der Waals surface area contributed by atoms with E-state index >= 15 is 0 Å². The van der Waals surface area contributed by atoms with Crippen LogP contribution < -0.4 is 20.3 Å². The highest BCUT2D eigenvalue weighted by molar-refractivity contribution is 6.22. The lowest BCUT2D eigenvalue weighted by atomic mass is 10.1. The predicted octanol–water partition coefficient (Wildman–Crippen LogP) is 0.976. The number of nitrogens with one attached hydrogen (secondary N) is 2. The Hall–Kier alpha value is -2.41. The van der Waals surface area contributed by atoms with E-state index in [1.165, 1.54) is 4.90 Å². The number of benzene rings is 1. The summed E-state index contributed by atoms with van der Waals surface area (Å²) in [6.45, 7) is 3.10. The van der Waals surface area contributed by atoms with Gasteiger partial charge in [0.2, 0.25) is 11.8 Å². The number of hydrogen-bond acceptors (Lipinski definition) is 5. The molecular formula is C18H23N3O4. The van der Waals surface area contributed by atoms with Gasteiger partial charge in [0.25, 0.3) is 5.91 Å². The third-order valence-electron chi connectivity index (χ3n) is 4.49. The second kappa shape index (κ2) is 7.65. The highest BCUT2D eigenvalue weighted by Gasteiger charge is 2.41. The molecule has 0 bridgehead atoms. The normalized spacial score (nSPS) is 24.2. The number of ether oxygens (including phenoxy) is 1. The van der Waals surface area contributed by atoms with E-state index in [1.54, 1.807) is 24.3 Å². The lowest BCUT2D eigenvalue weighted by molar-refractivity contribution is -0.123. The van der Waals surface area contributed by atoms with Crippen LogP contribution in [0.3, 0.4) is 0 Å². The third-order valence-corrected chi connectivity index (χ3v) is 4.49. The molecule has 134 valence electrons. The summed E-state index contributed by atoms with van der Waals surface area (Å²) in [5.41, 5.74) is 0.521. The first-order valence-electron chi connectivity index (χ1n) is 8.73. The maximum absolute atomic E-state index is 12.7. The smallest absolute Gasteiger partial charge is 0.251 e. The molecule has 0 spiro atoms. The Balaban J connectivity index is 1.70. The molecule has 1 aromatic rings. The van der Waals surface area contributed by atoms with Crippen molar-refractivity contribution >= 4 is 23.4 Å². The Kier molecular flexibility index (Phi) is 5.33. The van der Waals surface area contributed by atoms with Gasteiger partial charge < -0.3 is 10.1 Å². The first kappa shape index (κ1) is 17.4. The Bertz CT molecular complexity index is 659. The molecule has 2 aliphatic rings. The van der Waals surface area contributed by atoms with Crippen LogP contribution in [0.25, 0.3) is 0 Å². The molecule has 25 heavy (non-hydrogen) atoms. The number of carbonyl (C=O) groups excluding carboxylic acids is 3. The van der Waals surface area contributed by atoms with Crippen LogP contribution in [-0.2, 0) is 14.4 Å². The van der Waals surface area contributed by atoms with Gasteiger partial charge in [-0.2, -0.15) is 0 Å². The molecule has 2 aliphatic heterocycles. The summed E-state index contributed by atoms with van der Waals surface area (Å²) >= 11 is 0. The van der Waals surface area contributed by atoms with E-state index in [2.05, 4.69) is 10.6 Å². The highest BCUT2D eigenvalue weighted by atomic mass is 16.5. The molecule has 2 atom stereocenters. The van der Waals surface area contributed by atoms with Crippen LogP contribution in [0.2, 0.25) is 0 Å². The number of hydrogen-bond donors (Lipinski definition) is 2. The first-order chi connectivity index (χ1) is 12.1. The molecule has 0 radical (unpaired) electrons. The lowest BCUT2D eigenvalue weighted by Crippen LogP contribution is -2.50. The summed E-state index contributed by atoms with van der Waals surface area (Å²) in [5.74, 6) is 0.0132. The second-order valence-corrected chi connectivity index (χ2v) is 6.26. The molecule has 2 saturated heterocycles. The van der Waals surface area contributed by atoms with E-state index in [9.17, 15) is 14.4 Å². The van der Waals surface area contributed by atoms with Crippen molar-refractivity contribution < 1.29 is 19.1 Å². The monoisotopic (exact) mass is 345 g/mol. The maximum Gasteiger partial charge on any atom is 0.251 e. The maximum atomic E-state index is 12.7. The van der Waals surface area contributed by atoms with Crippen molar-refractivity contribution in [2.24, 2.45) is 0 Å². The molecule has 0 aliphatic carbocycles. The minimum Gasteiger partial charge on any atom is -0.494 e. The van der Waals surface area contributed by atoms with Crippen LogP contribution in [0.15, 0.2) is 24.3 Å². The van der Waals surface area contributed by atoms with Gasteiger partial charge in [-0.1, -0.05) is 0 Å². The van der Waals surface area contributed by atoms with Gasteiger partial charge in [-0.3, -0.25) is 19.7 Å². The van der Waals surface area contributed by atoms with E-state index in [0.29, 0.717) is 31.0 Å². The molecule has 2 N–H and O–H groups in total. The molecular weight excluding hydrogens is 322 g/mol. The fourth-order valence-corrected chi connectivity index (χ4v) is 3.23. The van der Waals surface area contributed by atoms with Gasteiger partial charge in [-0.15, -0.1) is 0 Å². The van der Waals surface area contributed by atoms with E-state index in [1.807, 2.05) is 6.92 Å². The number of imide groups is 1. The zero-order chi connectivity index (χ0) is 17.8. The second-order valence-electron chi connectivity index (χ2n) is 6.26. The number of rotatable bonds is 5. The molecule has 0 unspecified atom stereocenters. The average Bonchev–Trinajstić information content (AvgIpc) is 2.74. The van der Waals surface area contributed by atoms with Gasteiger partial charge in [-0.05, 0) is 50.5 Å². The molecule has 3 rings (SSSR count). The van der Waals surface area contributed by atoms with Crippen LogP contribution in [0, 0.1) is 0 Å². The van der Waals surface area contributed by atoms with Gasteiger partial charge in [0, 0.05) is 6.54 Å². The van der Waals surface area contributed by atoms with Crippen LogP contribution in [0.5, 0.6) is 5.75 Å². The quantitative estimate of drug-likeness (QED) is 0.777. The van der Waals surface area contributed by atoms with Crippen molar-refractivity contribution in [2.75, 3.05) is 18.1 Å². The number of anilines is 1. The number of carbonyl (C=O) groups is 3. The fourth-order valence-electron chi connectivity index (χ4n) is 3.23. The molecule has 0 saturated carbocycles. The molecule has 7 heteroatoms. The standard InChI is InChI=1S/C18H23N3O4/c1-2-25-13-8-6-12(7-9-13)21-16(22)11-15(18(21)24)20-14-5-3-4-10-19-17(14)23/h6-9,14-15,20H,2-5,10-11H2,1H3,(H,19,23)/t14-,15-/m1/s1. The van der Waals surface area contributed by atoms with Gasteiger partial charge >= 0.3 is 0 Å². The van der Waals surface area contributed by atoms with Crippen LogP contribution >= 0.6 is 0 Å². The van der Waals surface area contributed by atoms with Gasteiger partial charge in [0.15, 0.2) is 0 Å². The number of amides is 3. The molecule has 2 fully saturated rings. The summed E-state index contributed by atoms with van der Waals surface area (Å²) in [6.07, 6.45) is 2.58. The molecule has 1 aromatic carbocycles. The molecule has 7 nitrogen and oxygen atoms in total. The topological polar surface area (TPSA) is 87.7 Å². The van der Waals surface area contributed by atoms with E-state index in [4.69, 9.17) is 4.74 Å². The average molecular weight is 345 g/mol. The first-order valence-corrected chi connectivity index (χ1v) is 8.73. The van der Waals surface area contributed by atoms with Gasteiger partial charge in [-0.25, -0.2) is 4.90 Å². The van der Waals surface area contributed by atoms with E-state index < -0.39 is 12.1 Å². The fraction of sp³-hybridized carbons (Fsp3) is 0.500. The van der Waals surface area contributed by atoms with Crippen molar-refractivity contribution in [1.29, 1.82) is 0 Å². The minimum atomic E-state index is -0.659.